The number of carbonyl (C=O) groups is 2. The minimum absolute atomic E-state index is 0.0227. The monoisotopic (exact) mass is 880 g/mol. The average molecular weight is 881 g/mol. The first-order chi connectivity index (χ1) is 30.9. The van der Waals surface area contributed by atoms with E-state index in [1.165, 1.54) is 27.7 Å². The van der Waals surface area contributed by atoms with Crippen LogP contribution in [0, 0.1) is 0 Å². The van der Waals surface area contributed by atoms with Crippen LogP contribution in [0.5, 0.6) is 23.0 Å². The third kappa shape index (κ3) is 13.2. The van der Waals surface area contributed by atoms with E-state index in [4.69, 9.17) is 37.9 Å². The molecule has 344 valence electrons. The summed E-state index contributed by atoms with van der Waals surface area (Å²) in [5, 5.41) is 21.3. The smallest absolute Gasteiger partial charge is 0.159 e. The summed E-state index contributed by atoms with van der Waals surface area (Å²) in [6, 6.07) is 20.3. The third-order valence-electron chi connectivity index (χ3n) is 11.1. The molecular weight excluding hydrogens is 817 g/mol. The number of ketones is 2. The fourth-order valence-electron chi connectivity index (χ4n) is 8.11. The topological polar surface area (TPSA) is 148 Å². The minimum Gasteiger partial charge on any atom is -0.512 e. The number of allylic oxidation sites excluding steroid dienone is 4. The van der Waals surface area contributed by atoms with Gasteiger partial charge in [-0.1, -0.05) is 60.7 Å². The first-order valence-electron chi connectivity index (χ1n) is 21.7. The van der Waals surface area contributed by atoms with Crippen molar-refractivity contribution >= 4 is 11.6 Å². The van der Waals surface area contributed by atoms with Gasteiger partial charge in [0.2, 0.25) is 0 Å². The van der Waals surface area contributed by atoms with Gasteiger partial charge in [0.05, 0.1) is 37.9 Å². The summed E-state index contributed by atoms with van der Waals surface area (Å²) in [5.41, 5.74) is 9.31. The van der Waals surface area contributed by atoms with Crippen molar-refractivity contribution in [3.63, 3.8) is 0 Å². The molecule has 0 unspecified atom stereocenters. The first-order valence-corrected chi connectivity index (χ1v) is 21.7. The van der Waals surface area contributed by atoms with Crippen LogP contribution in [0.25, 0.3) is 0 Å². The van der Waals surface area contributed by atoms with Crippen molar-refractivity contribution in [2.24, 2.45) is 0 Å². The Balaban J connectivity index is 1.88. The molecule has 1 aliphatic carbocycles. The highest BCUT2D eigenvalue weighted by atomic mass is 16.5. The molecule has 12 heteroatoms. The van der Waals surface area contributed by atoms with E-state index in [0.717, 1.165) is 55.6 Å². The molecule has 0 aromatic heterocycles. The van der Waals surface area contributed by atoms with E-state index in [9.17, 15) is 19.8 Å². The van der Waals surface area contributed by atoms with Gasteiger partial charge in [-0.05, 0) is 83.3 Å². The number of hydrogen-bond acceptors (Lipinski definition) is 12. The Bertz CT molecular complexity index is 2050. The van der Waals surface area contributed by atoms with Crippen molar-refractivity contribution in [1.29, 1.82) is 0 Å². The van der Waals surface area contributed by atoms with Crippen molar-refractivity contribution in [2.45, 2.75) is 66.2 Å². The number of para-hydroxylation sites is 2. The molecule has 0 spiro atoms. The van der Waals surface area contributed by atoms with Gasteiger partial charge in [0, 0.05) is 78.1 Å². The van der Waals surface area contributed by atoms with Crippen molar-refractivity contribution in [3.05, 3.63) is 139 Å². The molecule has 12 nitrogen and oxygen atoms in total. The summed E-state index contributed by atoms with van der Waals surface area (Å²) in [4.78, 5) is 25.7. The zero-order valence-corrected chi connectivity index (χ0v) is 38.6. The molecule has 0 fully saturated rings. The average Bonchev–Trinajstić information content (AvgIpc) is 3.24. The van der Waals surface area contributed by atoms with Crippen LogP contribution in [0.4, 0.5) is 0 Å². The van der Waals surface area contributed by atoms with E-state index >= 15 is 0 Å². The molecule has 0 atom stereocenters. The van der Waals surface area contributed by atoms with Gasteiger partial charge in [-0.2, -0.15) is 0 Å². The van der Waals surface area contributed by atoms with Crippen LogP contribution in [0.3, 0.4) is 0 Å². The maximum absolute atomic E-state index is 12.8. The first kappa shape index (κ1) is 49.4. The molecule has 1 aliphatic rings. The highest BCUT2D eigenvalue weighted by Crippen LogP contribution is 2.40. The molecule has 0 amide bonds. The molecule has 0 radical (unpaired) electrons. The van der Waals surface area contributed by atoms with Crippen LogP contribution in [0.15, 0.2) is 83.3 Å². The second-order valence-corrected chi connectivity index (χ2v) is 16.0. The fraction of sp³-hybridized carbons (Fsp3) is 0.423. The zero-order valence-electron chi connectivity index (χ0n) is 38.6. The molecule has 0 saturated carbocycles. The molecule has 0 saturated heterocycles. The van der Waals surface area contributed by atoms with Crippen LogP contribution in [0.2, 0.25) is 0 Å². The van der Waals surface area contributed by atoms with Gasteiger partial charge in [0.15, 0.2) is 11.6 Å². The Morgan fingerprint density at radius 1 is 0.422 bits per heavy atom. The van der Waals surface area contributed by atoms with Crippen molar-refractivity contribution < 1.29 is 57.7 Å². The number of methoxy groups -OCH3 is 4. The largest absolute Gasteiger partial charge is 0.512 e. The molecule has 64 heavy (non-hydrogen) atoms. The highest BCUT2D eigenvalue weighted by molar-refractivity contribution is 5.94. The summed E-state index contributed by atoms with van der Waals surface area (Å²) >= 11 is 0. The lowest BCUT2D eigenvalue weighted by molar-refractivity contribution is -0.114. The standard InChI is InChI=1S/C52H64O12/c1-33(53)47(34(2)54)27-37-23-43-29-39-11-9-13-41(49(39)61-19-15-57-5)31-45-25-38(28-48(35(3)55)36(4)56)26-46(52(45)64-22-18-60-8)32-42-14-10-12-40(50(42)62-20-16-58-6)30-44(24-37)51(43)63-21-17-59-7/h9-14,23-26,53,55H,15-22,27-32H2,1-8H3/b47-33-,48-35?. The van der Waals surface area contributed by atoms with Gasteiger partial charge in [-0.25, -0.2) is 0 Å². The number of aliphatic hydroxyl groups is 2. The van der Waals surface area contributed by atoms with E-state index in [2.05, 4.69) is 0 Å². The van der Waals surface area contributed by atoms with E-state index in [-0.39, 0.29) is 62.4 Å². The Morgan fingerprint density at radius 3 is 0.891 bits per heavy atom. The summed E-state index contributed by atoms with van der Waals surface area (Å²) in [5.74, 6) is 2.26. The quantitative estimate of drug-likeness (QED) is 0.0391. The second kappa shape index (κ2) is 24.4. The number of benzene rings is 4. The molecule has 8 bridgehead atoms. The van der Waals surface area contributed by atoms with E-state index in [1.807, 2.05) is 60.7 Å². The van der Waals surface area contributed by atoms with Crippen LogP contribution in [-0.2, 0) is 67.1 Å². The molecular formula is C52H64O12. The normalized spacial score (nSPS) is 13.1. The van der Waals surface area contributed by atoms with Crippen LogP contribution >= 0.6 is 0 Å². The summed E-state index contributed by atoms with van der Waals surface area (Å²) < 4.78 is 48.4. The summed E-state index contributed by atoms with van der Waals surface area (Å²) in [6.07, 6.45) is 1.97. The van der Waals surface area contributed by atoms with Crippen LogP contribution < -0.4 is 18.9 Å². The molecule has 0 aliphatic heterocycles. The number of ether oxygens (including phenoxy) is 8. The number of carbonyl (C=O) groups excluding carboxylic acids is 2. The molecule has 4 aromatic rings. The van der Waals surface area contributed by atoms with Gasteiger partial charge in [0.25, 0.3) is 0 Å². The predicted octanol–water partition coefficient (Wildman–Crippen LogP) is 8.39. The minimum atomic E-state index is -0.210. The number of fused-ring (bicyclic) bond motifs is 8. The van der Waals surface area contributed by atoms with Gasteiger partial charge in [-0.15, -0.1) is 0 Å². The number of hydrogen-bond donors (Lipinski definition) is 2. The van der Waals surface area contributed by atoms with Crippen molar-refractivity contribution in [1.82, 2.24) is 0 Å². The summed E-state index contributed by atoms with van der Waals surface area (Å²) in [7, 11) is 6.53. The maximum atomic E-state index is 12.8. The summed E-state index contributed by atoms with van der Waals surface area (Å²) in [6.45, 7) is 8.60. The fourth-order valence-corrected chi connectivity index (χ4v) is 8.11. The Kier molecular flexibility index (Phi) is 18.8. The third-order valence-corrected chi connectivity index (χ3v) is 11.1. The van der Waals surface area contributed by atoms with E-state index < -0.39 is 0 Å². The SMILES string of the molecule is COCCOc1c2cccc1Cc1cc(C/C(C(C)=O)=C(\C)O)cc(c1OCCOC)Cc1cccc(c1OCCOC)Cc1cc(CC(C(C)=O)=C(C)O)cc(c1OCCOC)C2. The van der Waals surface area contributed by atoms with E-state index in [0.29, 0.717) is 86.3 Å². The molecule has 0 heterocycles. The molecule has 5 rings (SSSR count). The van der Waals surface area contributed by atoms with Crippen molar-refractivity contribution in [2.75, 3.05) is 81.3 Å². The van der Waals surface area contributed by atoms with Gasteiger partial charge in [0.1, 0.15) is 49.4 Å². The van der Waals surface area contributed by atoms with Crippen molar-refractivity contribution in [3.8, 4) is 23.0 Å². The Labute approximate surface area is 377 Å². The zero-order chi connectivity index (χ0) is 46.2. The molecule has 2 N–H and O–H groups in total. The highest BCUT2D eigenvalue weighted by Gasteiger charge is 2.25. The lowest BCUT2D eigenvalue weighted by Crippen LogP contribution is -2.14. The van der Waals surface area contributed by atoms with Gasteiger partial charge in [-0.3, -0.25) is 9.59 Å². The maximum Gasteiger partial charge on any atom is 0.159 e. The van der Waals surface area contributed by atoms with Gasteiger partial charge >= 0.3 is 0 Å². The lowest BCUT2D eigenvalue weighted by Gasteiger charge is -2.24. The van der Waals surface area contributed by atoms with E-state index in [1.54, 1.807) is 28.4 Å². The predicted molar refractivity (Wildman–Crippen MR) is 246 cm³/mol. The molecule has 4 aromatic carbocycles. The number of rotatable bonds is 22. The van der Waals surface area contributed by atoms with Crippen LogP contribution in [0.1, 0.15) is 83.3 Å². The number of aliphatic hydroxyl groups excluding tert-OH is 2. The lowest BCUT2D eigenvalue weighted by atomic mass is 9.88. The Hall–Kier alpha value is -5.66. The second-order valence-electron chi connectivity index (χ2n) is 16.0. The number of Topliss-reactive ketones (excluding diaryl/α,β-unsaturated/α-hetero) is 2. The Morgan fingerprint density at radius 2 is 0.672 bits per heavy atom. The van der Waals surface area contributed by atoms with Gasteiger partial charge < -0.3 is 48.1 Å². The van der Waals surface area contributed by atoms with Crippen LogP contribution in [-0.4, -0.2) is 103 Å².